The molecule has 0 aliphatic carbocycles. The third-order valence-corrected chi connectivity index (χ3v) is 4.81. The molecule has 0 radical (unpaired) electrons. The Bertz CT molecular complexity index is 1120. The first kappa shape index (κ1) is 20.8. The number of carbonyl (C=O) groups excluding carboxylic acids is 1. The highest BCUT2D eigenvalue weighted by Gasteiger charge is 2.26. The first-order valence-electron chi connectivity index (χ1n) is 9.29. The zero-order valence-corrected chi connectivity index (χ0v) is 16.3. The van der Waals surface area contributed by atoms with E-state index in [9.17, 15) is 14.4 Å². The van der Waals surface area contributed by atoms with Gasteiger partial charge in [-0.15, -0.1) is 0 Å². The Morgan fingerprint density at radius 2 is 1.83 bits per heavy atom. The van der Waals surface area contributed by atoms with Crippen LogP contribution in [0, 0.1) is 6.92 Å². The molecule has 3 aromatic rings. The van der Waals surface area contributed by atoms with Crippen LogP contribution in [-0.4, -0.2) is 49.5 Å². The van der Waals surface area contributed by atoms with Gasteiger partial charge in [0.25, 0.3) is 5.91 Å². The minimum absolute atomic E-state index is 0.112. The summed E-state index contributed by atoms with van der Waals surface area (Å²) in [6.07, 6.45) is 3.70. The van der Waals surface area contributed by atoms with Gasteiger partial charge in [-0.3, -0.25) is 4.79 Å². The summed E-state index contributed by atoms with van der Waals surface area (Å²) in [5.74, 6) is -2.40. The number of carboxylic acids is 2. The van der Waals surface area contributed by atoms with Crippen LogP contribution in [0.25, 0.3) is 10.8 Å². The van der Waals surface area contributed by atoms with Crippen molar-refractivity contribution in [3.63, 3.8) is 0 Å². The third-order valence-electron chi connectivity index (χ3n) is 4.81. The molecule has 4 rings (SSSR count). The lowest BCUT2D eigenvalue weighted by Gasteiger charge is -2.29. The van der Waals surface area contributed by atoms with E-state index in [-0.39, 0.29) is 5.91 Å². The summed E-state index contributed by atoms with van der Waals surface area (Å²) in [5, 5.41) is 17.8. The third kappa shape index (κ3) is 4.72. The molecule has 1 amide bonds. The molecule has 2 heterocycles. The quantitative estimate of drug-likeness (QED) is 0.572. The first-order chi connectivity index (χ1) is 14.4. The number of nitrogens with one attached hydrogen (secondary N) is 1. The molecule has 30 heavy (non-hydrogen) atoms. The van der Waals surface area contributed by atoms with Crippen LogP contribution >= 0.6 is 0 Å². The number of aliphatic carboxylic acids is 2. The van der Waals surface area contributed by atoms with Crippen LogP contribution in [0.2, 0.25) is 0 Å². The van der Waals surface area contributed by atoms with Crippen LogP contribution in [-0.2, 0) is 22.6 Å². The second-order valence-corrected chi connectivity index (χ2v) is 6.78. The van der Waals surface area contributed by atoms with Crippen LogP contribution in [0.5, 0.6) is 0 Å². The Hall–Kier alpha value is -3.94. The number of rotatable bonds is 4. The highest BCUT2D eigenvalue weighted by molar-refractivity contribution is 6.09. The highest BCUT2D eigenvalue weighted by Crippen LogP contribution is 2.28. The number of amides is 1. The van der Waals surface area contributed by atoms with Gasteiger partial charge in [0.1, 0.15) is 0 Å². The van der Waals surface area contributed by atoms with E-state index >= 15 is 0 Å². The SMILES string of the molecule is Cc1[nH]cnc1CN1CCc2ccc3ccccc3c2C1=O.O=C(O)C=CC(=O)O. The number of hydrogen-bond donors (Lipinski definition) is 3. The van der Waals surface area contributed by atoms with Crippen LogP contribution in [0.4, 0.5) is 0 Å². The van der Waals surface area contributed by atoms with E-state index in [2.05, 4.69) is 28.2 Å². The Labute approximate surface area is 172 Å². The molecule has 1 aromatic heterocycles. The molecule has 1 aliphatic heterocycles. The molecular formula is C22H21N3O5. The van der Waals surface area contributed by atoms with Crippen LogP contribution in [0.15, 0.2) is 54.9 Å². The van der Waals surface area contributed by atoms with Gasteiger partial charge in [0.2, 0.25) is 0 Å². The standard InChI is InChI=1S/C18H17N3O.C4H4O4/c1-12-16(20-11-19-12)10-21-9-8-14-7-6-13-4-2-3-5-15(13)17(14)18(21)22;5-3(6)1-2-4(7)8/h2-7,11H,8-10H2,1H3,(H,19,20);1-2H,(H,5,6)(H,7,8). The molecule has 8 nitrogen and oxygen atoms in total. The average Bonchev–Trinajstić information content (AvgIpc) is 3.13. The zero-order valence-electron chi connectivity index (χ0n) is 16.3. The molecule has 0 fully saturated rings. The number of nitrogens with zero attached hydrogens (tertiary/aromatic N) is 2. The average molecular weight is 407 g/mol. The fourth-order valence-electron chi connectivity index (χ4n) is 3.31. The maximum Gasteiger partial charge on any atom is 0.328 e. The first-order valence-corrected chi connectivity index (χ1v) is 9.29. The molecule has 0 bridgehead atoms. The van der Waals surface area contributed by atoms with Crippen molar-refractivity contribution in [2.45, 2.75) is 19.9 Å². The van der Waals surface area contributed by atoms with E-state index in [1.807, 2.05) is 30.0 Å². The molecule has 1 aliphatic rings. The number of aryl methyl sites for hydroxylation is 1. The van der Waals surface area contributed by atoms with Crippen molar-refractivity contribution in [1.29, 1.82) is 0 Å². The summed E-state index contributed by atoms with van der Waals surface area (Å²) in [4.78, 5) is 41.4. The summed E-state index contributed by atoms with van der Waals surface area (Å²) in [6, 6.07) is 12.3. The Morgan fingerprint density at radius 3 is 2.47 bits per heavy atom. The highest BCUT2D eigenvalue weighted by atomic mass is 16.4. The van der Waals surface area contributed by atoms with Gasteiger partial charge in [0.15, 0.2) is 0 Å². The molecule has 0 saturated heterocycles. The van der Waals surface area contributed by atoms with Crippen molar-refractivity contribution < 1.29 is 24.6 Å². The summed E-state index contributed by atoms with van der Waals surface area (Å²) < 4.78 is 0. The number of carboxylic acid groups (broad SMARTS) is 2. The normalized spacial score (nSPS) is 13.1. The van der Waals surface area contributed by atoms with E-state index in [0.29, 0.717) is 18.7 Å². The van der Waals surface area contributed by atoms with Crippen molar-refractivity contribution in [2.75, 3.05) is 6.54 Å². The summed E-state index contributed by atoms with van der Waals surface area (Å²) >= 11 is 0. The fraction of sp³-hybridized carbons (Fsp3) is 0.182. The van der Waals surface area contributed by atoms with Gasteiger partial charge in [-0.1, -0.05) is 36.4 Å². The smallest absolute Gasteiger partial charge is 0.328 e. The maximum absolute atomic E-state index is 13.0. The number of H-pyrrole nitrogens is 1. The van der Waals surface area contributed by atoms with E-state index in [1.165, 1.54) is 0 Å². The molecule has 154 valence electrons. The minimum atomic E-state index is -1.26. The second-order valence-electron chi connectivity index (χ2n) is 6.78. The predicted octanol–water partition coefficient (Wildman–Crippen LogP) is 2.78. The molecule has 3 N–H and O–H groups in total. The largest absolute Gasteiger partial charge is 0.478 e. The van der Waals surface area contributed by atoms with Crippen LogP contribution in [0.3, 0.4) is 0 Å². The number of hydrogen-bond acceptors (Lipinski definition) is 4. The van der Waals surface area contributed by atoms with E-state index in [1.54, 1.807) is 6.33 Å². The molecule has 0 unspecified atom stereocenters. The van der Waals surface area contributed by atoms with Gasteiger partial charge in [-0.05, 0) is 29.7 Å². The molecule has 0 saturated carbocycles. The fourth-order valence-corrected chi connectivity index (χ4v) is 3.31. The molecule has 8 heteroatoms. The number of imidazole rings is 1. The molecule has 0 atom stereocenters. The van der Waals surface area contributed by atoms with Crippen molar-refractivity contribution in [1.82, 2.24) is 14.9 Å². The lowest BCUT2D eigenvalue weighted by molar-refractivity contribution is -0.134. The summed E-state index contributed by atoms with van der Waals surface area (Å²) in [7, 11) is 0. The van der Waals surface area contributed by atoms with Crippen LogP contribution in [0.1, 0.15) is 27.3 Å². The number of aromatic amines is 1. The van der Waals surface area contributed by atoms with Crippen molar-refractivity contribution >= 4 is 28.6 Å². The minimum Gasteiger partial charge on any atom is -0.478 e. The van der Waals surface area contributed by atoms with Gasteiger partial charge in [0, 0.05) is 24.4 Å². The monoisotopic (exact) mass is 407 g/mol. The number of fused-ring (bicyclic) bond motifs is 3. The number of aromatic nitrogens is 2. The Kier molecular flexibility index (Phi) is 6.26. The lowest BCUT2D eigenvalue weighted by atomic mass is 9.93. The zero-order chi connectivity index (χ0) is 21.7. The maximum atomic E-state index is 13.0. The summed E-state index contributed by atoms with van der Waals surface area (Å²) in [6.45, 7) is 3.30. The van der Waals surface area contributed by atoms with Gasteiger partial charge in [-0.2, -0.15) is 0 Å². The van der Waals surface area contributed by atoms with Gasteiger partial charge in [-0.25, -0.2) is 14.6 Å². The lowest BCUT2D eigenvalue weighted by Crippen LogP contribution is -2.37. The van der Waals surface area contributed by atoms with E-state index in [0.717, 1.165) is 46.3 Å². The van der Waals surface area contributed by atoms with E-state index < -0.39 is 11.9 Å². The molecule has 2 aromatic carbocycles. The van der Waals surface area contributed by atoms with Crippen molar-refractivity contribution in [3.8, 4) is 0 Å². The van der Waals surface area contributed by atoms with Crippen molar-refractivity contribution in [3.05, 3.63) is 77.4 Å². The summed E-state index contributed by atoms with van der Waals surface area (Å²) in [5.41, 5.74) is 3.98. The van der Waals surface area contributed by atoms with Gasteiger partial charge >= 0.3 is 11.9 Å². The topological polar surface area (TPSA) is 124 Å². The molecular weight excluding hydrogens is 386 g/mol. The molecule has 0 spiro atoms. The van der Waals surface area contributed by atoms with Crippen LogP contribution < -0.4 is 0 Å². The Morgan fingerprint density at radius 1 is 1.13 bits per heavy atom. The van der Waals surface area contributed by atoms with Crippen molar-refractivity contribution in [2.24, 2.45) is 0 Å². The number of carbonyl (C=O) groups is 3. The second kappa shape index (κ2) is 9.04. The Balaban J connectivity index is 0.000000275. The predicted molar refractivity (Wildman–Crippen MR) is 110 cm³/mol. The van der Waals surface area contributed by atoms with Gasteiger partial charge in [0.05, 0.1) is 24.1 Å². The van der Waals surface area contributed by atoms with E-state index in [4.69, 9.17) is 10.2 Å². The van der Waals surface area contributed by atoms with Gasteiger partial charge < -0.3 is 20.1 Å². The number of benzene rings is 2.